The van der Waals surface area contributed by atoms with Crippen molar-refractivity contribution in [2.45, 2.75) is 50.8 Å². The van der Waals surface area contributed by atoms with Gasteiger partial charge in [-0.1, -0.05) is 30.3 Å². The van der Waals surface area contributed by atoms with Crippen LogP contribution in [-0.2, 0) is 11.3 Å². The van der Waals surface area contributed by atoms with Gasteiger partial charge in [0.1, 0.15) is 11.5 Å². The number of halogens is 3. The summed E-state index contributed by atoms with van der Waals surface area (Å²) in [6, 6.07) is 12.9. The van der Waals surface area contributed by atoms with Crippen LogP contribution in [0.2, 0.25) is 0 Å². The third-order valence-corrected chi connectivity index (χ3v) is 4.99. The number of anilines is 1. The summed E-state index contributed by atoms with van der Waals surface area (Å²) in [7, 11) is 1.36. The number of rotatable bonds is 7. The Morgan fingerprint density at radius 2 is 1.77 bits per heavy atom. The van der Waals surface area contributed by atoms with Gasteiger partial charge in [-0.05, 0) is 43.4 Å². The molecule has 0 aromatic heterocycles. The van der Waals surface area contributed by atoms with Crippen molar-refractivity contribution in [3.05, 3.63) is 54.1 Å². The monoisotopic (exact) mass is 438 g/mol. The number of carbonyl (C=O) groups excluding carboxylic acids is 1. The number of carbonyl (C=O) groups is 1. The number of benzene rings is 2. The Hall–Kier alpha value is -2.94. The van der Waals surface area contributed by atoms with Crippen molar-refractivity contribution in [2.24, 2.45) is 0 Å². The minimum atomic E-state index is -4.82. The predicted octanol–water partition coefficient (Wildman–Crippen LogP) is 5.24. The third kappa shape index (κ3) is 7.36. The van der Waals surface area contributed by atoms with Crippen LogP contribution >= 0.6 is 0 Å². The third-order valence-electron chi connectivity index (χ3n) is 4.99. The molecular formula is C22H25F3N2O4. The first kappa shape index (κ1) is 22.7. The molecule has 0 aliphatic heterocycles. The van der Waals surface area contributed by atoms with E-state index in [0.29, 0.717) is 6.61 Å². The molecular weight excluding hydrogens is 413 g/mol. The molecule has 0 unspecified atom stereocenters. The summed E-state index contributed by atoms with van der Waals surface area (Å²) in [5.74, 6) is -0.220. The highest BCUT2D eigenvalue weighted by Crippen LogP contribution is 2.32. The number of nitrogens with one attached hydrogen (secondary N) is 2. The molecule has 0 heterocycles. The van der Waals surface area contributed by atoms with Crippen molar-refractivity contribution in [1.29, 1.82) is 0 Å². The highest BCUT2D eigenvalue weighted by atomic mass is 19.4. The summed E-state index contributed by atoms with van der Waals surface area (Å²) in [4.78, 5) is 12.4. The Balaban J connectivity index is 1.47. The molecule has 31 heavy (non-hydrogen) atoms. The smallest absolute Gasteiger partial charge is 0.495 e. The summed E-state index contributed by atoms with van der Waals surface area (Å²) < 4.78 is 52.3. The van der Waals surface area contributed by atoms with Crippen LogP contribution in [0.25, 0.3) is 0 Å². The average molecular weight is 438 g/mol. The second-order valence-corrected chi connectivity index (χ2v) is 7.28. The van der Waals surface area contributed by atoms with Crippen molar-refractivity contribution in [1.82, 2.24) is 5.32 Å². The van der Waals surface area contributed by atoms with E-state index in [1.165, 1.54) is 13.2 Å². The second kappa shape index (κ2) is 10.4. The molecule has 0 spiro atoms. The van der Waals surface area contributed by atoms with Crippen molar-refractivity contribution in [3.63, 3.8) is 0 Å². The van der Waals surface area contributed by atoms with Crippen molar-refractivity contribution in [2.75, 3.05) is 12.4 Å². The molecule has 2 amide bonds. The van der Waals surface area contributed by atoms with E-state index < -0.39 is 18.1 Å². The molecule has 0 radical (unpaired) electrons. The van der Waals surface area contributed by atoms with Gasteiger partial charge in [-0.3, -0.25) is 0 Å². The number of alkyl halides is 3. The van der Waals surface area contributed by atoms with Crippen LogP contribution in [0, 0.1) is 0 Å². The highest BCUT2D eigenvalue weighted by molar-refractivity contribution is 5.91. The van der Waals surface area contributed by atoms with E-state index in [4.69, 9.17) is 9.47 Å². The van der Waals surface area contributed by atoms with Crippen molar-refractivity contribution in [3.8, 4) is 11.5 Å². The van der Waals surface area contributed by atoms with E-state index in [0.717, 1.165) is 43.4 Å². The summed E-state index contributed by atoms with van der Waals surface area (Å²) in [6.45, 7) is 0.556. The molecule has 168 valence electrons. The number of hydrogen-bond acceptors (Lipinski definition) is 4. The molecule has 2 N–H and O–H groups in total. The number of hydrogen-bond donors (Lipinski definition) is 2. The molecule has 9 heteroatoms. The van der Waals surface area contributed by atoms with E-state index >= 15 is 0 Å². The van der Waals surface area contributed by atoms with Gasteiger partial charge in [-0.2, -0.15) is 0 Å². The molecule has 2 aromatic carbocycles. The van der Waals surface area contributed by atoms with Crippen LogP contribution in [-0.4, -0.2) is 31.6 Å². The van der Waals surface area contributed by atoms with Crippen LogP contribution in [0.4, 0.5) is 23.7 Å². The molecule has 2 aromatic rings. The number of urea groups is 1. The van der Waals surface area contributed by atoms with Gasteiger partial charge < -0.3 is 24.8 Å². The van der Waals surface area contributed by atoms with Crippen molar-refractivity contribution < 1.29 is 32.2 Å². The molecule has 3 rings (SSSR count). The Labute approximate surface area is 178 Å². The first-order valence-electron chi connectivity index (χ1n) is 9.99. The quantitative estimate of drug-likeness (QED) is 0.620. The highest BCUT2D eigenvalue weighted by Gasteiger charge is 2.31. The zero-order valence-corrected chi connectivity index (χ0v) is 17.1. The zero-order chi connectivity index (χ0) is 22.3. The van der Waals surface area contributed by atoms with E-state index in [2.05, 4.69) is 15.4 Å². The molecule has 1 aliphatic carbocycles. The zero-order valence-electron chi connectivity index (χ0n) is 17.1. The Morgan fingerprint density at radius 1 is 1.06 bits per heavy atom. The van der Waals surface area contributed by atoms with Crippen molar-refractivity contribution >= 4 is 11.7 Å². The molecule has 1 fully saturated rings. The van der Waals surface area contributed by atoms with Crippen LogP contribution < -0.4 is 20.1 Å². The fraction of sp³-hybridized carbons (Fsp3) is 0.409. The van der Waals surface area contributed by atoms with Gasteiger partial charge in [0, 0.05) is 12.1 Å². The van der Waals surface area contributed by atoms with Crippen LogP contribution in [0.1, 0.15) is 31.2 Å². The summed E-state index contributed by atoms with van der Waals surface area (Å²) in [5, 5.41) is 5.40. The molecule has 0 saturated heterocycles. The van der Waals surface area contributed by atoms with Gasteiger partial charge in [0.2, 0.25) is 0 Å². The molecule has 1 aliphatic rings. The maximum absolute atomic E-state index is 12.4. The average Bonchev–Trinajstić information content (AvgIpc) is 2.73. The molecule has 0 atom stereocenters. The van der Waals surface area contributed by atoms with E-state index in [-0.39, 0.29) is 23.6 Å². The number of amides is 2. The van der Waals surface area contributed by atoms with E-state index in [9.17, 15) is 18.0 Å². The van der Waals surface area contributed by atoms with E-state index in [1.54, 1.807) is 0 Å². The number of methoxy groups -OCH3 is 1. The maximum Gasteiger partial charge on any atom is 0.573 e. The largest absolute Gasteiger partial charge is 0.573 e. The summed E-state index contributed by atoms with van der Waals surface area (Å²) in [5.41, 5.74) is 1.20. The first-order valence-corrected chi connectivity index (χ1v) is 9.99. The fourth-order valence-corrected chi connectivity index (χ4v) is 3.49. The van der Waals surface area contributed by atoms with Crippen LogP contribution in [0.3, 0.4) is 0 Å². The normalized spacial score (nSPS) is 18.8. The van der Waals surface area contributed by atoms with Gasteiger partial charge in [0.25, 0.3) is 0 Å². The topological polar surface area (TPSA) is 68.8 Å². The lowest BCUT2D eigenvalue weighted by atomic mass is 9.93. The minimum absolute atomic E-state index is 0.0443. The Kier molecular flexibility index (Phi) is 7.62. The van der Waals surface area contributed by atoms with Gasteiger partial charge in [0.15, 0.2) is 0 Å². The van der Waals surface area contributed by atoms with Crippen LogP contribution in [0.5, 0.6) is 11.5 Å². The summed E-state index contributed by atoms with van der Waals surface area (Å²) in [6.07, 6.45) is -1.55. The lowest BCUT2D eigenvalue weighted by Gasteiger charge is -2.29. The first-order chi connectivity index (χ1) is 14.8. The Morgan fingerprint density at radius 3 is 2.42 bits per heavy atom. The number of ether oxygens (including phenoxy) is 3. The van der Waals surface area contributed by atoms with Gasteiger partial charge in [-0.25, -0.2) is 4.79 Å². The maximum atomic E-state index is 12.4. The lowest BCUT2D eigenvalue weighted by Crippen LogP contribution is -2.41. The standard InChI is InChI=1S/C22H25F3N2O4/c1-29-20-12-11-18(31-22(23,24)25)13-19(20)27-21(28)26-16-7-9-17(10-8-16)30-14-15-5-3-2-4-6-15/h2-6,11-13,16-17H,7-10,14H2,1H3,(H2,26,27,28). The van der Waals surface area contributed by atoms with E-state index in [1.807, 2.05) is 30.3 Å². The summed E-state index contributed by atoms with van der Waals surface area (Å²) >= 11 is 0. The predicted molar refractivity (Wildman–Crippen MR) is 109 cm³/mol. The molecule has 6 nitrogen and oxygen atoms in total. The van der Waals surface area contributed by atoms with Gasteiger partial charge >= 0.3 is 12.4 Å². The van der Waals surface area contributed by atoms with Gasteiger partial charge in [-0.15, -0.1) is 13.2 Å². The second-order valence-electron chi connectivity index (χ2n) is 7.28. The fourth-order valence-electron chi connectivity index (χ4n) is 3.49. The SMILES string of the molecule is COc1ccc(OC(F)(F)F)cc1NC(=O)NC1CCC(OCc2ccccc2)CC1. The van der Waals surface area contributed by atoms with Crippen LogP contribution in [0.15, 0.2) is 48.5 Å². The van der Waals surface area contributed by atoms with Gasteiger partial charge in [0.05, 0.1) is 25.5 Å². The lowest BCUT2D eigenvalue weighted by molar-refractivity contribution is -0.274. The molecule has 0 bridgehead atoms. The minimum Gasteiger partial charge on any atom is -0.495 e. The Bertz CT molecular complexity index is 854. The molecule has 1 saturated carbocycles.